The number of nitrogens with zero attached hydrogens (tertiary/aromatic N) is 1. The highest BCUT2D eigenvalue weighted by Crippen LogP contribution is 1.98. The van der Waals surface area contributed by atoms with Crippen LogP contribution in [0.5, 0.6) is 0 Å². The molecule has 0 unspecified atom stereocenters. The van der Waals surface area contributed by atoms with Gasteiger partial charge in [0.25, 0.3) is 5.56 Å². The maximum absolute atomic E-state index is 11.3. The molecule has 0 aliphatic rings. The minimum atomic E-state index is -0.408. The molecule has 0 aliphatic heterocycles. The quantitative estimate of drug-likeness (QED) is 0.700. The van der Waals surface area contributed by atoms with Gasteiger partial charge in [-0.05, 0) is 13.8 Å². The molecule has 76 valence electrons. The van der Waals surface area contributed by atoms with Crippen molar-refractivity contribution in [3.63, 3.8) is 0 Å². The molecule has 0 atom stereocenters. The van der Waals surface area contributed by atoms with Crippen molar-refractivity contribution in [1.29, 1.82) is 0 Å². The number of aromatic nitrogens is 2. The van der Waals surface area contributed by atoms with Crippen LogP contribution in [0.25, 0.3) is 0 Å². The summed E-state index contributed by atoms with van der Waals surface area (Å²) >= 11 is 0. The maximum Gasteiger partial charge on any atom is 0.310 e. The predicted octanol–water partition coefficient (Wildman–Crippen LogP) is 0.184. The number of hydrogen-bond donors (Lipinski definition) is 1. The molecule has 5 nitrogen and oxygen atoms in total. The first kappa shape index (κ1) is 10.4. The first-order chi connectivity index (χ1) is 6.65. The molecule has 1 rings (SSSR count). The second kappa shape index (κ2) is 4.55. The van der Waals surface area contributed by atoms with Gasteiger partial charge in [-0.1, -0.05) is 0 Å². The van der Waals surface area contributed by atoms with Gasteiger partial charge in [0.05, 0.1) is 19.4 Å². The summed E-state index contributed by atoms with van der Waals surface area (Å²) in [4.78, 5) is 28.7. The largest absolute Gasteiger partial charge is 0.466 e. The van der Waals surface area contributed by atoms with Crippen LogP contribution in [0.15, 0.2) is 11.1 Å². The maximum atomic E-state index is 11.3. The fraction of sp³-hybridized carbons (Fsp3) is 0.444. The summed E-state index contributed by atoms with van der Waals surface area (Å²) in [5, 5.41) is 0. The highest BCUT2D eigenvalue weighted by Gasteiger charge is 2.10. The normalized spacial score (nSPS) is 9.86. The van der Waals surface area contributed by atoms with E-state index in [1.165, 1.54) is 6.33 Å². The van der Waals surface area contributed by atoms with Crippen LogP contribution in [-0.2, 0) is 16.0 Å². The van der Waals surface area contributed by atoms with Gasteiger partial charge >= 0.3 is 5.97 Å². The Kier molecular flexibility index (Phi) is 3.39. The van der Waals surface area contributed by atoms with Crippen molar-refractivity contribution < 1.29 is 9.53 Å². The van der Waals surface area contributed by atoms with Gasteiger partial charge in [0, 0.05) is 11.3 Å². The molecule has 1 aromatic rings. The lowest BCUT2D eigenvalue weighted by Gasteiger charge is -2.02. The first-order valence-electron chi connectivity index (χ1n) is 4.34. The zero-order chi connectivity index (χ0) is 10.6. The molecular formula is C9H12N2O3. The lowest BCUT2D eigenvalue weighted by atomic mass is 10.2. The highest BCUT2D eigenvalue weighted by atomic mass is 16.5. The smallest absolute Gasteiger partial charge is 0.310 e. The summed E-state index contributed by atoms with van der Waals surface area (Å²) < 4.78 is 4.74. The summed E-state index contributed by atoms with van der Waals surface area (Å²) in [7, 11) is 0. The van der Waals surface area contributed by atoms with E-state index in [0.717, 1.165) is 0 Å². The monoisotopic (exact) mass is 196 g/mol. The van der Waals surface area contributed by atoms with E-state index >= 15 is 0 Å². The number of nitrogens with one attached hydrogen (secondary N) is 1. The highest BCUT2D eigenvalue weighted by molar-refractivity contribution is 5.72. The Balaban J connectivity index is 2.86. The second-order valence-electron chi connectivity index (χ2n) is 2.78. The molecule has 1 N–H and O–H groups in total. The van der Waals surface area contributed by atoms with E-state index < -0.39 is 5.97 Å². The van der Waals surface area contributed by atoms with Crippen LogP contribution >= 0.6 is 0 Å². The molecule has 5 heteroatoms. The van der Waals surface area contributed by atoms with Gasteiger partial charge in [-0.3, -0.25) is 9.59 Å². The van der Waals surface area contributed by atoms with Gasteiger partial charge in [-0.15, -0.1) is 0 Å². The zero-order valence-corrected chi connectivity index (χ0v) is 8.16. The third-order valence-electron chi connectivity index (χ3n) is 1.79. The van der Waals surface area contributed by atoms with Gasteiger partial charge < -0.3 is 9.72 Å². The van der Waals surface area contributed by atoms with Crippen molar-refractivity contribution in [3.8, 4) is 0 Å². The second-order valence-corrected chi connectivity index (χ2v) is 2.78. The standard InChI is InChI=1S/C9H12N2O3/c1-3-14-8(12)4-7-6(2)10-5-11-9(7)13/h5H,3-4H2,1-2H3,(H,10,11,13). The predicted molar refractivity (Wildman–Crippen MR) is 49.9 cm³/mol. The number of hydrogen-bond acceptors (Lipinski definition) is 4. The number of aromatic amines is 1. The lowest BCUT2D eigenvalue weighted by molar-refractivity contribution is -0.142. The van der Waals surface area contributed by atoms with E-state index in [-0.39, 0.29) is 12.0 Å². The molecule has 0 saturated carbocycles. The Morgan fingerprint density at radius 2 is 2.36 bits per heavy atom. The van der Waals surface area contributed by atoms with Crippen LogP contribution < -0.4 is 5.56 Å². The summed E-state index contributed by atoms with van der Waals surface area (Å²) in [6, 6.07) is 0. The summed E-state index contributed by atoms with van der Waals surface area (Å²) in [6.07, 6.45) is 1.29. The molecule has 1 heterocycles. The van der Waals surface area contributed by atoms with Crippen LogP contribution in [0.1, 0.15) is 18.2 Å². The Labute approximate surface area is 81.1 Å². The van der Waals surface area contributed by atoms with Crippen molar-refractivity contribution in [2.75, 3.05) is 6.61 Å². The third kappa shape index (κ3) is 2.42. The topological polar surface area (TPSA) is 72.0 Å². The fourth-order valence-electron chi connectivity index (χ4n) is 1.08. The van der Waals surface area contributed by atoms with E-state index in [2.05, 4.69) is 9.97 Å². The van der Waals surface area contributed by atoms with Crippen LogP contribution in [0.3, 0.4) is 0 Å². The molecule has 0 bridgehead atoms. The molecule has 0 aliphatic carbocycles. The van der Waals surface area contributed by atoms with E-state index in [4.69, 9.17) is 4.74 Å². The van der Waals surface area contributed by atoms with Crippen molar-refractivity contribution in [1.82, 2.24) is 9.97 Å². The number of H-pyrrole nitrogens is 1. The summed E-state index contributed by atoms with van der Waals surface area (Å²) in [5.74, 6) is -0.408. The van der Waals surface area contributed by atoms with Crippen molar-refractivity contribution in [2.45, 2.75) is 20.3 Å². The molecule has 0 amide bonds. The molecule has 14 heavy (non-hydrogen) atoms. The minimum Gasteiger partial charge on any atom is -0.466 e. The molecule has 0 aromatic carbocycles. The van der Waals surface area contributed by atoms with Crippen LogP contribution in [0, 0.1) is 6.92 Å². The van der Waals surface area contributed by atoms with E-state index in [1.807, 2.05) is 0 Å². The molecule has 1 aromatic heterocycles. The van der Waals surface area contributed by atoms with Crippen molar-refractivity contribution >= 4 is 5.97 Å². The number of carbonyl (C=O) groups is 1. The Bertz CT molecular complexity index is 384. The van der Waals surface area contributed by atoms with Crippen molar-refractivity contribution in [3.05, 3.63) is 27.9 Å². The van der Waals surface area contributed by atoms with E-state index in [1.54, 1.807) is 13.8 Å². The van der Waals surface area contributed by atoms with Crippen molar-refractivity contribution in [2.24, 2.45) is 0 Å². The van der Waals surface area contributed by atoms with Crippen LogP contribution in [0.4, 0.5) is 0 Å². The Morgan fingerprint density at radius 3 is 2.93 bits per heavy atom. The molecule has 0 radical (unpaired) electrons. The lowest BCUT2D eigenvalue weighted by Crippen LogP contribution is -2.20. The van der Waals surface area contributed by atoms with Gasteiger partial charge in [-0.2, -0.15) is 0 Å². The average Bonchev–Trinajstić information content (AvgIpc) is 2.12. The molecule has 0 fully saturated rings. The minimum absolute atomic E-state index is 0.0250. The van der Waals surface area contributed by atoms with Gasteiger partial charge in [0.2, 0.25) is 0 Å². The van der Waals surface area contributed by atoms with Gasteiger partial charge in [-0.25, -0.2) is 4.98 Å². The fourth-order valence-corrected chi connectivity index (χ4v) is 1.08. The average molecular weight is 196 g/mol. The van der Waals surface area contributed by atoms with E-state index in [9.17, 15) is 9.59 Å². The third-order valence-corrected chi connectivity index (χ3v) is 1.79. The number of aryl methyl sites for hydroxylation is 1. The Morgan fingerprint density at radius 1 is 1.64 bits per heavy atom. The SMILES string of the molecule is CCOC(=O)Cc1c(C)nc[nH]c1=O. The van der Waals surface area contributed by atoms with Gasteiger partial charge in [0.15, 0.2) is 0 Å². The summed E-state index contributed by atoms with van der Waals surface area (Å²) in [5.41, 5.74) is 0.637. The van der Waals surface area contributed by atoms with Crippen LogP contribution in [-0.4, -0.2) is 22.5 Å². The first-order valence-corrected chi connectivity index (χ1v) is 4.34. The number of carbonyl (C=O) groups excluding carboxylic acids is 1. The Hall–Kier alpha value is -1.65. The van der Waals surface area contributed by atoms with E-state index in [0.29, 0.717) is 17.9 Å². The summed E-state index contributed by atoms with van der Waals surface area (Å²) in [6.45, 7) is 3.72. The molecular weight excluding hydrogens is 184 g/mol. The number of ether oxygens (including phenoxy) is 1. The van der Waals surface area contributed by atoms with Crippen LogP contribution in [0.2, 0.25) is 0 Å². The zero-order valence-electron chi connectivity index (χ0n) is 8.16. The molecule has 0 saturated heterocycles. The van der Waals surface area contributed by atoms with Gasteiger partial charge in [0.1, 0.15) is 0 Å². The number of esters is 1. The molecule has 0 spiro atoms. The number of rotatable bonds is 3.